The van der Waals surface area contributed by atoms with Gasteiger partial charge in [-0.25, -0.2) is 9.59 Å². The van der Waals surface area contributed by atoms with Crippen molar-refractivity contribution in [1.82, 2.24) is 4.90 Å². The van der Waals surface area contributed by atoms with Crippen molar-refractivity contribution in [3.8, 4) is 11.8 Å². The van der Waals surface area contributed by atoms with Crippen molar-refractivity contribution in [2.45, 2.75) is 30.3 Å². The fraction of sp³-hybridized carbons (Fsp3) is 0.417. The molecule has 166 valence electrons. The molecule has 7 heteroatoms. The van der Waals surface area contributed by atoms with Crippen LogP contribution in [-0.2, 0) is 16.0 Å². The Morgan fingerprint density at radius 3 is 2.42 bits per heavy atom. The largest absolute Gasteiger partial charge is 0.473 e. The lowest BCUT2D eigenvalue weighted by Gasteiger charge is -2.19. The zero-order chi connectivity index (χ0) is 22.5. The maximum Gasteiger partial charge on any atom is 0.414 e. The van der Waals surface area contributed by atoms with Gasteiger partial charge in [-0.2, -0.15) is 0 Å². The number of likely N-dealkylation sites (N-methyl/N-ethyl adjacent to an activating group) is 1. The second-order valence-electron chi connectivity index (χ2n) is 7.15. The van der Waals surface area contributed by atoms with Crippen LogP contribution < -0.4 is 0 Å². The lowest BCUT2D eigenvalue weighted by molar-refractivity contribution is -0.159. The number of hydrogen-bond acceptors (Lipinski definition) is 5. The summed E-state index contributed by atoms with van der Waals surface area (Å²) < 4.78 is 0.784. The van der Waals surface area contributed by atoms with Crippen molar-refractivity contribution < 1.29 is 19.8 Å². The van der Waals surface area contributed by atoms with Crippen molar-refractivity contribution in [1.29, 1.82) is 0 Å². The van der Waals surface area contributed by atoms with Gasteiger partial charge in [0.25, 0.3) is 0 Å². The molecule has 0 unspecified atom stereocenters. The van der Waals surface area contributed by atoms with E-state index in [-0.39, 0.29) is 0 Å². The fourth-order valence-electron chi connectivity index (χ4n) is 3.07. The van der Waals surface area contributed by atoms with Crippen LogP contribution in [0.4, 0.5) is 0 Å². The minimum Gasteiger partial charge on any atom is -0.473 e. The number of carboxylic acids is 2. The molecule has 31 heavy (non-hydrogen) atoms. The van der Waals surface area contributed by atoms with E-state index in [9.17, 15) is 0 Å². The van der Waals surface area contributed by atoms with E-state index >= 15 is 0 Å². The van der Waals surface area contributed by atoms with Gasteiger partial charge in [0, 0.05) is 13.0 Å². The standard InChI is InChI=1S/C22H27NS2.C2H2O4/c1-23(15-6-2-3-13-22-24-17-8-18-25-22)16-14-20-11-7-10-19-9-4-5-12-21(19)20;3-1(4)2(5)6/h4-5,7,9-12,22H,3,8,13-18H2,1H3;(H,3,4)(H,5,6). The summed E-state index contributed by atoms with van der Waals surface area (Å²) in [7, 11) is 2.17. The van der Waals surface area contributed by atoms with Crippen LogP contribution in [0.1, 0.15) is 24.8 Å². The van der Waals surface area contributed by atoms with Crippen molar-refractivity contribution in [2.24, 2.45) is 0 Å². The molecule has 2 aromatic rings. The summed E-state index contributed by atoms with van der Waals surface area (Å²) in [6.45, 7) is 1.92. The Kier molecular flexibility index (Phi) is 11.4. The smallest absolute Gasteiger partial charge is 0.414 e. The molecule has 0 aliphatic carbocycles. The van der Waals surface area contributed by atoms with Gasteiger partial charge in [-0.05, 0) is 54.2 Å². The van der Waals surface area contributed by atoms with Crippen LogP contribution in [0.15, 0.2) is 42.5 Å². The van der Waals surface area contributed by atoms with Crippen molar-refractivity contribution >= 4 is 46.2 Å². The van der Waals surface area contributed by atoms with Crippen LogP contribution in [0, 0.1) is 11.8 Å². The third kappa shape index (κ3) is 9.69. The maximum absolute atomic E-state index is 9.10. The van der Waals surface area contributed by atoms with E-state index in [2.05, 4.69) is 89.8 Å². The Balaban J connectivity index is 0.000000501. The van der Waals surface area contributed by atoms with Gasteiger partial charge in [-0.1, -0.05) is 48.4 Å². The first-order valence-electron chi connectivity index (χ1n) is 10.3. The number of rotatable bonds is 6. The Morgan fingerprint density at radius 1 is 1.03 bits per heavy atom. The second-order valence-corrected chi connectivity index (χ2v) is 10.1. The minimum absolute atomic E-state index is 0.784. The summed E-state index contributed by atoms with van der Waals surface area (Å²) in [6.07, 6.45) is 4.73. The van der Waals surface area contributed by atoms with Gasteiger partial charge in [0.05, 0.1) is 11.1 Å². The number of benzene rings is 2. The Bertz CT molecular complexity index is 899. The highest BCUT2D eigenvalue weighted by atomic mass is 32.2. The molecule has 3 rings (SSSR count). The number of hydrogen-bond donors (Lipinski definition) is 2. The SMILES string of the molecule is CN(CC#CCCC1SCCCS1)CCc1cccc2ccccc12.O=C(O)C(=O)O. The van der Waals surface area contributed by atoms with Crippen LogP contribution in [-0.4, -0.2) is 63.3 Å². The summed E-state index contributed by atoms with van der Waals surface area (Å²) in [6, 6.07) is 15.3. The van der Waals surface area contributed by atoms with Gasteiger partial charge in [0.15, 0.2) is 0 Å². The number of aliphatic carboxylic acids is 2. The molecule has 1 aliphatic rings. The van der Waals surface area contributed by atoms with E-state index in [1.807, 2.05) is 0 Å². The first-order chi connectivity index (χ1) is 15.0. The van der Waals surface area contributed by atoms with Gasteiger partial charge < -0.3 is 10.2 Å². The average molecular weight is 460 g/mol. The van der Waals surface area contributed by atoms with Crippen LogP contribution in [0.3, 0.4) is 0 Å². The number of fused-ring (bicyclic) bond motifs is 1. The lowest BCUT2D eigenvalue weighted by atomic mass is 10.0. The topological polar surface area (TPSA) is 77.8 Å². The zero-order valence-electron chi connectivity index (χ0n) is 17.8. The molecule has 1 saturated heterocycles. The third-order valence-corrected chi connectivity index (χ3v) is 7.78. The van der Waals surface area contributed by atoms with Crippen molar-refractivity contribution in [3.63, 3.8) is 0 Å². The Labute approximate surface area is 192 Å². The molecule has 1 fully saturated rings. The molecule has 0 saturated carbocycles. The average Bonchev–Trinajstić information content (AvgIpc) is 2.78. The molecular weight excluding hydrogens is 430 g/mol. The van der Waals surface area contributed by atoms with E-state index < -0.39 is 11.9 Å². The van der Waals surface area contributed by atoms with Crippen molar-refractivity contribution in [3.05, 3.63) is 48.0 Å². The quantitative estimate of drug-likeness (QED) is 0.488. The van der Waals surface area contributed by atoms with Crippen LogP contribution in [0.2, 0.25) is 0 Å². The van der Waals surface area contributed by atoms with Gasteiger partial charge >= 0.3 is 11.9 Å². The minimum atomic E-state index is -1.82. The Hall–Kier alpha value is -2.14. The molecule has 0 bridgehead atoms. The highest BCUT2D eigenvalue weighted by molar-refractivity contribution is 8.17. The van der Waals surface area contributed by atoms with Gasteiger partial charge in [0.2, 0.25) is 0 Å². The molecule has 2 aromatic carbocycles. The van der Waals surface area contributed by atoms with Crippen LogP contribution in [0.5, 0.6) is 0 Å². The highest BCUT2D eigenvalue weighted by Crippen LogP contribution is 2.33. The maximum atomic E-state index is 9.10. The number of nitrogens with zero attached hydrogens (tertiary/aromatic N) is 1. The van der Waals surface area contributed by atoms with Crippen LogP contribution >= 0.6 is 23.5 Å². The summed E-state index contributed by atoms with van der Waals surface area (Å²) in [5, 5.41) is 17.5. The second kappa shape index (κ2) is 14.0. The normalized spacial score (nSPS) is 13.7. The van der Waals surface area contributed by atoms with Gasteiger partial charge in [-0.3, -0.25) is 4.90 Å². The fourth-order valence-corrected chi connectivity index (χ4v) is 5.94. The molecule has 2 N–H and O–H groups in total. The molecule has 0 spiro atoms. The molecule has 5 nitrogen and oxygen atoms in total. The number of thioether (sulfide) groups is 2. The molecule has 0 atom stereocenters. The predicted molar refractivity (Wildman–Crippen MR) is 131 cm³/mol. The predicted octanol–water partition coefficient (Wildman–Crippen LogP) is 4.45. The number of carbonyl (C=O) groups is 2. The summed E-state index contributed by atoms with van der Waals surface area (Å²) in [5.41, 5.74) is 1.43. The first kappa shape index (κ1) is 25.1. The third-order valence-electron chi connectivity index (χ3n) is 4.70. The van der Waals surface area contributed by atoms with E-state index in [1.54, 1.807) is 0 Å². The molecule has 1 heterocycles. The first-order valence-corrected chi connectivity index (χ1v) is 12.4. The number of carboxylic acid groups (broad SMARTS) is 2. The monoisotopic (exact) mass is 459 g/mol. The highest BCUT2D eigenvalue weighted by Gasteiger charge is 2.12. The van der Waals surface area contributed by atoms with Crippen molar-refractivity contribution in [2.75, 3.05) is 31.6 Å². The summed E-state index contributed by atoms with van der Waals surface area (Å²) in [5.74, 6) is 5.75. The van der Waals surface area contributed by atoms with E-state index in [1.165, 1.54) is 40.7 Å². The molecule has 0 radical (unpaired) electrons. The van der Waals surface area contributed by atoms with E-state index in [0.717, 1.165) is 30.5 Å². The molecule has 1 aliphatic heterocycles. The molecule has 0 aromatic heterocycles. The van der Waals surface area contributed by atoms with E-state index in [0.29, 0.717) is 0 Å². The zero-order valence-corrected chi connectivity index (χ0v) is 19.4. The lowest BCUT2D eigenvalue weighted by Crippen LogP contribution is -2.21. The molecule has 0 amide bonds. The summed E-state index contributed by atoms with van der Waals surface area (Å²) >= 11 is 4.24. The summed E-state index contributed by atoms with van der Waals surface area (Å²) in [4.78, 5) is 20.5. The molecular formula is C24H29NO4S2. The Morgan fingerprint density at radius 2 is 1.71 bits per heavy atom. The van der Waals surface area contributed by atoms with Crippen LogP contribution in [0.25, 0.3) is 10.8 Å². The van der Waals surface area contributed by atoms with Gasteiger partial charge in [-0.15, -0.1) is 29.4 Å². The van der Waals surface area contributed by atoms with Gasteiger partial charge in [0.1, 0.15) is 0 Å². The van der Waals surface area contributed by atoms with E-state index in [4.69, 9.17) is 19.8 Å².